The first kappa shape index (κ1) is 26.9. The van der Waals surface area contributed by atoms with Gasteiger partial charge in [0.15, 0.2) is 5.11 Å². The Bertz CT molecular complexity index is 1200. The van der Waals surface area contributed by atoms with Gasteiger partial charge in [-0.25, -0.2) is 9.18 Å². The Hall–Kier alpha value is -3.69. The number of carbonyl (C=O) groups excluding carboxylic acids is 2. The Morgan fingerprint density at radius 2 is 1.64 bits per heavy atom. The van der Waals surface area contributed by atoms with Crippen LogP contribution < -0.4 is 11.1 Å². The van der Waals surface area contributed by atoms with Crippen molar-refractivity contribution in [1.29, 1.82) is 0 Å². The first-order chi connectivity index (χ1) is 17.3. The Morgan fingerprint density at radius 3 is 2.25 bits per heavy atom. The van der Waals surface area contributed by atoms with Crippen molar-refractivity contribution in [3.05, 3.63) is 106 Å². The molecular formula is C26H26ClFN4O3S. The molecule has 0 heterocycles. The first-order valence-corrected chi connectivity index (χ1v) is 11.8. The number of amides is 2. The van der Waals surface area contributed by atoms with Crippen LogP contribution in [-0.2, 0) is 29.1 Å². The maximum Gasteiger partial charge on any atom is 0.408 e. The molecule has 0 aliphatic rings. The van der Waals surface area contributed by atoms with E-state index in [-0.39, 0.29) is 35.3 Å². The van der Waals surface area contributed by atoms with Crippen LogP contribution in [0, 0.1) is 5.82 Å². The molecule has 0 spiro atoms. The monoisotopic (exact) mass is 528 g/mol. The van der Waals surface area contributed by atoms with Crippen molar-refractivity contribution in [2.75, 3.05) is 7.05 Å². The number of ether oxygens (including phenoxy) is 1. The molecule has 2 amide bonds. The van der Waals surface area contributed by atoms with Crippen molar-refractivity contribution in [2.24, 2.45) is 5.73 Å². The largest absolute Gasteiger partial charge is 0.445 e. The molecule has 0 unspecified atom stereocenters. The van der Waals surface area contributed by atoms with E-state index in [4.69, 9.17) is 34.3 Å². The molecule has 3 aromatic carbocycles. The first-order valence-electron chi connectivity index (χ1n) is 11.0. The van der Waals surface area contributed by atoms with Gasteiger partial charge in [0.05, 0.1) is 11.6 Å². The van der Waals surface area contributed by atoms with E-state index in [0.717, 1.165) is 16.1 Å². The summed E-state index contributed by atoms with van der Waals surface area (Å²) in [6.07, 6.45) is -0.578. The lowest BCUT2D eigenvalue weighted by molar-refractivity contribution is -0.142. The minimum atomic E-state index is -1.01. The van der Waals surface area contributed by atoms with Crippen LogP contribution in [0.5, 0.6) is 0 Å². The molecule has 10 heteroatoms. The molecule has 0 aliphatic carbocycles. The molecule has 3 N–H and O–H groups in total. The number of nitrogens with two attached hydrogens (primary N) is 1. The Kier molecular flexibility index (Phi) is 9.61. The zero-order valence-electron chi connectivity index (χ0n) is 19.6. The fourth-order valence-corrected chi connectivity index (χ4v) is 3.85. The Balaban J connectivity index is 1.78. The average Bonchev–Trinajstić information content (AvgIpc) is 2.88. The number of halogens is 2. The highest BCUT2D eigenvalue weighted by molar-refractivity contribution is 7.80. The van der Waals surface area contributed by atoms with Crippen LogP contribution in [0.1, 0.15) is 16.7 Å². The van der Waals surface area contributed by atoms with E-state index in [2.05, 4.69) is 5.32 Å². The summed E-state index contributed by atoms with van der Waals surface area (Å²) >= 11 is 11.0. The predicted molar refractivity (Wildman–Crippen MR) is 140 cm³/mol. The number of hydrogen-bond donors (Lipinski definition) is 2. The Labute approximate surface area is 219 Å². The summed E-state index contributed by atoms with van der Waals surface area (Å²) in [6, 6.07) is 21.9. The third kappa shape index (κ3) is 7.40. The normalized spacial score (nSPS) is 11.3. The number of thiocarbonyl (C=S) groups is 1. The van der Waals surface area contributed by atoms with Gasteiger partial charge in [0.1, 0.15) is 18.5 Å². The summed E-state index contributed by atoms with van der Waals surface area (Å²) in [4.78, 5) is 26.1. The zero-order valence-corrected chi connectivity index (χ0v) is 21.1. The molecule has 188 valence electrons. The topological polar surface area (TPSA) is 87.9 Å². The lowest BCUT2D eigenvalue weighted by atomic mass is 10.1. The van der Waals surface area contributed by atoms with Gasteiger partial charge in [0.2, 0.25) is 0 Å². The predicted octanol–water partition coefficient (Wildman–Crippen LogP) is 4.44. The molecule has 1 atom stereocenters. The van der Waals surface area contributed by atoms with Crippen molar-refractivity contribution in [2.45, 2.75) is 25.6 Å². The van der Waals surface area contributed by atoms with Gasteiger partial charge in [-0.3, -0.25) is 14.8 Å². The maximum atomic E-state index is 14.5. The van der Waals surface area contributed by atoms with E-state index < -0.39 is 23.9 Å². The van der Waals surface area contributed by atoms with Gasteiger partial charge in [-0.05, 0) is 29.4 Å². The van der Waals surface area contributed by atoms with Crippen LogP contribution in [0.3, 0.4) is 0 Å². The van der Waals surface area contributed by atoms with Crippen molar-refractivity contribution >= 4 is 40.9 Å². The van der Waals surface area contributed by atoms with Crippen LogP contribution in [0.15, 0.2) is 78.9 Å². The van der Waals surface area contributed by atoms with Gasteiger partial charge >= 0.3 is 6.09 Å². The quantitative estimate of drug-likeness (QED) is 0.332. The second-order valence-electron chi connectivity index (χ2n) is 7.92. The minimum absolute atomic E-state index is 0.0435. The van der Waals surface area contributed by atoms with Crippen LogP contribution in [0.25, 0.3) is 0 Å². The number of hydrogen-bond acceptors (Lipinski definition) is 4. The maximum absolute atomic E-state index is 14.5. The summed E-state index contributed by atoms with van der Waals surface area (Å²) in [6.45, 7) is -0.0949. The molecule has 0 saturated carbocycles. The minimum Gasteiger partial charge on any atom is -0.445 e. The molecule has 0 fully saturated rings. The fraction of sp³-hybridized carbons (Fsp3) is 0.192. The highest BCUT2D eigenvalue weighted by atomic mass is 35.5. The molecular weight excluding hydrogens is 503 g/mol. The zero-order chi connectivity index (χ0) is 26.1. The number of hydrazine groups is 1. The fourth-order valence-electron chi connectivity index (χ4n) is 3.47. The van der Waals surface area contributed by atoms with Crippen LogP contribution >= 0.6 is 23.8 Å². The van der Waals surface area contributed by atoms with Crippen molar-refractivity contribution in [1.82, 2.24) is 15.3 Å². The van der Waals surface area contributed by atoms with Gasteiger partial charge in [-0.1, -0.05) is 84.4 Å². The van der Waals surface area contributed by atoms with Gasteiger partial charge in [-0.15, -0.1) is 0 Å². The SMILES string of the molecule is CN(C(=O)[C@H](Cc1ccccc1)NC(=O)OCc1ccccc1)N(Cc1cccc(Cl)c1F)C(N)=S. The van der Waals surface area contributed by atoms with Crippen LogP contribution in [-0.4, -0.2) is 40.2 Å². The summed E-state index contributed by atoms with van der Waals surface area (Å²) < 4.78 is 19.8. The number of nitrogens with zero attached hydrogens (tertiary/aromatic N) is 2. The van der Waals surface area contributed by atoms with Crippen LogP contribution in [0.4, 0.5) is 9.18 Å². The molecule has 0 bridgehead atoms. The van der Waals surface area contributed by atoms with Crippen LogP contribution in [0.2, 0.25) is 5.02 Å². The summed E-state index contributed by atoms with van der Waals surface area (Å²) in [5, 5.41) is 4.82. The van der Waals surface area contributed by atoms with E-state index >= 15 is 0 Å². The third-order valence-electron chi connectivity index (χ3n) is 5.37. The van der Waals surface area contributed by atoms with E-state index in [9.17, 15) is 14.0 Å². The summed E-state index contributed by atoms with van der Waals surface area (Å²) in [5.74, 6) is -1.16. The molecule has 0 aromatic heterocycles. The van der Waals surface area contributed by atoms with E-state index in [1.54, 1.807) is 6.07 Å². The molecule has 7 nitrogen and oxygen atoms in total. The van der Waals surface area contributed by atoms with Gasteiger partial charge in [0.25, 0.3) is 5.91 Å². The molecule has 0 radical (unpaired) electrons. The number of benzene rings is 3. The standard InChI is InChI=1S/C26H26ClFN4O3S/c1-31(32(25(29)36)16-20-13-8-14-21(27)23(20)28)24(33)22(15-18-9-4-2-5-10-18)30-26(34)35-17-19-11-6-3-7-12-19/h2-14,22H,15-17H2,1H3,(H2,29,36)(H,30,34)/t22-/m0/s1. The van der Waals surface area contributed by atoms with Crippen molar-refractivity contribution in [3.63, 3.8) is 0 Å². The highest BCUT2D eigenvalue weighted by Gasteiger charge is 2.29. The second kappa shape index (κ2) is 12.9. The molecule has 3 aromatic rings. The number of rotatable bonds is 8. The van der Waals surface area contributed by atoms with E-state index in [0.29, 0.717) is 0 Å². The molecule has 0 aliphatic heterocycles. The third-order valence-corrected chi connectivity index (χ3v) is 5.88. The molecule has 36 heavy (non-hydrogen) atoms. The molecule has 3 rings (SSSR count). The highest BCUT2D eigenvalue weighted by Crippen LogP contribution is 2.20. The van der Waals surface area contributed by atoms with Gasteiger partial charge < -0.3 is 15.8 Å². The van der Waals surface area contributed by atoms with E-state index in [1.807, 2.05) is 60.7 Å². The average molecular weight is 529 g/mol. The smallest absolute Gasteiger partial charge is 0.408 e. The number of likely N-dealkylation sites (N-methyl/N-ethyl adjacent to an activating group) is 1. The van der Waals surface area contributed by atoms with Gasteiger partial charge in [-0.2, -0.15) is 0 Å². The Morgan fingerprint density at radius 1 is 1.03 bits per heavy atom. The van der Waals surface area contributed by atoms with Gasteiger partial charge in [0, 0.05) is 19.0 Å². The number of carbonyl (C=O) groups is 2. The van der Waals surface area contributed by atoms with E-state index in [1.165, 1.54) is 24.2 Å². The van der Waals surface area contributed by atoms with Crippen molar-refractivity contribution < 1.29 is 18.7 Å². The van der Waals surface area contributed by atoms with Crippen molar-refractivity contribution in [3.8, 4) is 0 Å². The lowest BCUT2D eigenvalue weighted by Crippen LogP contribution is -2.56. The summed E-state index contributed by atoms with van der Waals surface area (Å²) in [7, 11) is 1.44. The summed E-state index contributed by atoms with van der Waals surface area (Å²) in [5.41, 5.74) is 7.69. The molecule has 0 saturated heterocycles. The second-order valence-corrected chi connectivity index (χ2v) is 8.74. The number of nitrogens with one attached hydrogen (secondary N) is 1. The lowest BCUT2D eigenvalue weighted by Gasteiger charge is -2.34. The number of alkyl carbamates (subject to hydrolysis) is 1.